The molecule has 2 aromatic carbocycles. The molecule has 0 aliphatic carbocycles. The third kappa shape index (κ3) is 4.56. The molecular weight excluding hydrogens is 462 g/mol. The molecule has 0 fully saturated rings. The minimum atomic E-state index is -0.471. The van der Waals surface area contributed by atoms with Crippen molar-refractivity contribution in [3.8, 4) is 5.75 Å². The van der Waals surface area contributed by atoms with Crippen LogP contribution in [0.4, 0.5) is 0 Å². The largest absolute Gasteiger partial charge is 0.426 e. The number of carbonyl (C=O) groups excluding carboxylic acids is 4. The number of nitrogens with zero attached hydrogens (tertiary/aromatic N) is 3. The van der Waals surface area contributed by atoms with Gasteiger partial charge in [0.15, 0.2) is 11.4 Å². The van der Waals surface area contributed by atoms with E-state index in [0.29, 0.717) is 22.5 Å². The number of hydrogen-bond donors (Lipinski definition) is 2. The van der Waals surface area contributed by atoms with Crippen LogP contribution >= 0.6 is 0 Å². The van der Waals surface area contributed by atoms with E-state index in [1.165, 1.54) is 23.7 Å². The van der Waals surface area contributed by atoms with Gasteiger partial charge in [0.25, 0.3) is 11.8 Å². The van der Waals surface area contributed by atoms with Crippen LogP contribution in [0.2, 0.25) is 0 Å². The first-order valence-corrected chi connectivity index (χ1v) is 11.2. The molecule has 0 saturated heterocycles. The van der Waals surface area contributed by atoms with Crippen molar-refractivity contribution in [2.75, 3.05) is 0 Å². The number of esters is 1. The molecule has 10 nitrogen and oxygen atoms in total. The average molecular weight is 483 g/mol. The fourth-order valence-electron chi connectivity index (χ4n) is 4.04. The summed E-state index contributed by atoms with van der Waals surface area (Å²) in [6.07, 6.45) is 1.69. The van der Waals surface area contributed by atoms with Crippen LogP contribution in [0.5, 0.6) is 5.75 Å². The number of nitrogens with one attached hydrogen (secondary N) is 2. The smallest absolute Gasteiger partial charge is 0.315 e. The van der Waals surface area contributed by atoms with E-state index in [1.807, 2.05) is 6.07 Å². The fourth-order valence-corrected chi connectivity index (χ4v) is 4.04. The fraction of sp³-hybridized carbons (Fsp3) is 0.154. The molecule has 2 N–H and O–H groups in total. The van der Waals surface area contributed by atoms with Gasteiger partial charge in [0.1, 0.15) is 17.1 Å². The first-order valence-electron chi connectivity index (χ1n) is 11.2. The summed E-state index contributed by atoms with van der Waals surface area (Å²) in [5.74, 6) is -0.812. The maximum Gasteiger partial charge on any atom is 0.315 e. The number of aromatic nitrogens is 3. The highest BCUT2D eigenvalue weighted by molar-refractivity contribution is 5.99. The van der Waals surface area contributed by atoms with Crippen LogP contribution in [0.1, 0.15) is 54.9 Å². The van der Waals surface area contributed by atoms with Gasteiger partial charge >= 0.3 is 5.97 Å². The molecule has 0 bridgehead atoms. The van der Waals surface area contributed by atoms with E-state index in [2.05, 4.69) is 20.7 Å². The number of benzene rings is 2. The summed E-state index contributed by atoms with van der Waals surface area (Å²) in [6.45, 7) is 1.80. The number of carbonyl (C=O) groups is 4. The molecule has 0 unspecified atom stereocenters. The van der Waals surface area contributed by atoms with Crippen LogP contribution in [-0.4, -0.2) is 38.2 Å². The SMILES string of the molecule is CC(=O)c1ccccc1CNC(=O)c1cc(C(=O)NCc2ccc3c(c2)CC(=O)O3)nc2ccnn12. The van der Waals surface area contributed by atoms with Gasteiger partial charge in [-0.1, -0.05) is 30.3 Å². The Kier molecular flexibility index (Phi) is 5.99. The van der Waals surface area contributed by atoms with Crippen molar-refractivity contribution in [3.05, 3.63) is 94.4 Å². The van der Waals surface area contributed by atoms with Crippen LogP contribution in [-0.2, 0) is 24.3 Å². The van der Waals surface area contributed by atoms with Crippen molar-refractivity contribution in [1.82, 2.24) is 25.2 Å². The van der Waals surface area contributed by atoms with E-state index < -0.39 is 11.8 Å². The van der Waals surface area contributed by atoms with Crippen LogP contribution in [0, 0.1) is 0 Å². The van der Waals surface area contributed by atoms with Crippen molar-refractivity contribution in [2.45, 2.75) is 26.4 Å². The molecule has 5 rings (SSSR count). The lowest BCUT2D eigenvalue weighted by molar-refractivity contribution is -0.131. The summed E-state index contributed by atoms with van der Waals surface area (Å²) in [5.41, 5.74) is 3.30. The molecule has 4 aromatic rings. The van der Waals surface area contributed by atoms with Gasteiger partial charge in [-0.25, -0.2) is 9.50 Å². The monoisotopic (exact) mass is 483 g/mol. The Balaban J connectivity index is 1.32. The number of Topliss-reactive ketones (excluding diaryl/α,β-unsaturated/α-hetero) is 1. The zero-order valence-electron chi connectivity index (χ0n) is 19.3. The normalized spacial score (nSPS) is 12.2. The Morgan fingerprint density at radius 1 is 1.00 bits per heavy atom. The number of rotatable bonds is 7. The summed E-state index contributed by atoms with van der Waals surface area (Å²) in [4.78, 5) is 53.6. The van der Waals surface area contributed by atoms with Gasteiger partial charge < -0.3 is 15.4 Å². The van der Waals surface area contributed by atoms with E-state index in [-0.39, 0.29) is 42.7 Å². The maximum atomic E-state index is 13.0. The maximum absolute atomic E-state index is 13.0. The number of ether oxygens (including phenoxy) is 1. The minimum absolute atomic E-state index is 0.0527. The van der Waals surface area contributed by atoms with E-state index in [4.69, 9.17) is 4.74 Å². The molecular formula is C26H21N5O5. The number of hydrogen-bond acceptors (Lipinski definition) is 7. The molecule has 2 amide bonds. The summed E-state index contributed by atoms with van der Waals surface area (Å²) in [7, 11) is 0. The lowest BCUT2D eigenvalue weighted by Crippen LogP contribution is -2.28. The average Bonchev–Trinajstić information content (AvgIpc) is 3.50. The van der Waals surface area contributed by atoms with Crippen molar-refractivity contribution >= 4 is 29.2 Å². The molecule has 0 saturated carbocycles. The highest BCUT2D eigenvalue weighted by Gasteiger charge is 2.21. The summed E-state index contributed by atoms with van der Waals surface area (Å²) >= 11 is 0. The molecule has 180 valence electrons. The topological polar surface area (TPSA) is 132 Å². The number of amides is 2. The predicted molar refractivity (Wildman–Crippen MR) is 128 cm³/mol. The van der Waals surface area contributed by atoms with Crippen molar-refractivity contribution in [2.24, 2.45) is 0 Å². The molecule has 1 aliphatic heterocycles. The second kappa shape index (κ2) is 9.41. The number of fused-ring (bicyclic) bond motifs is 2. The summed E-state index contributed by atoms with van der Waals surface area (Å²) in [5, 5.41) is 9.73. The Hall–Kier alpha value is -4.86. The first kappa shape index (κ1) is 22.9. The van der Waals surface area contributed by atoms with Crippen molar-refractivity contribution in [3.63, 3.8) is 0 Å². The molecule has 2 aromatic heterocycles. The third-order valence-corrected chi connectivity index (χ3v) is 5.80. The molecule has 0 radical (unpaired) electrons. The zero-order valence-corrected chi connectivity index (χ0v) is 19.3. The molecule has 0 atom stereocenters. The van der Waals surface area contributed by atoms with Gasteiger partial charge in [-0.2, -0.15) is 5.10 Å². The van der Waals surface area contributed by atoms with E-state index in [0.717, 1.165) is 11.1 Å². The molecule has 0 spiro atoms. The molecule has 3 heterocycles. The molecule has 1 aliphatic rings. The molecule has 36 heavy (non-hydrogen) atoms. The van der Waals surface area contributed by atoms with Gasteiger partial charge in [-0.05, 0) is 30.2 Å². The minimum Gasteiger partial charge on any atom is -0.426 e. The van der Waals surface area contributed by atoms with Crippen molar-refractivity contribution < 1.29 is 23.9 Å². The molecule has 10 heteroatoms. The van der Waals surface area contributed by atoms with Crippen LogP contribution in [0.3, 0.4) is 0 Å². The standard InChI is InChI=1S/C26H21N5O5/c1-15(32)19-5-3-2-4-17(19)14-28-26(35)21-12-20(30-23-8-9-29-31(21)23)25(34)27-13-16-6-7-22-18(10-16)11-24(33)36-22/h2-10,12H,11,13-14H2,1H3,(H,27,34)(H,28,35). The quantitative estimate of drug-likeness (QED) is 0.234. The zero-order chi connectivity index (χ0) is 25.2. The Labute approximate surface area is 205 Å². The van der Waals surface area contributed by atoms with E-state index in [9.17, 15) is 19.2 Å². The van der Waals surface area contributed by atoms with Gasteiger partial charge in [-0.3, -0.25) is 19.2 Å². The Bertz CT molecular complexity index is 1540. The van der Waals surface area contributed by atoms with Gasteiger partial charge in [-0.15, -0.1) is 0 Å². The summed E-state index contributed by atoms with van der Waals surface area (Å²) < 4.78 is 6.44. The first-order chi connectivity index (χ1) is 17.4. The van der Waals surface area contributed by atoms with E-state index in [1.54, 1.807) is 42.5 Å². The highest BCUT2D eigenvalue weighted by Crippen LogP contribution is 2.26. The lowest BCUT2D eigenvalue weighted by atomic mass is 10.0. The van der Waals surface area contributed by atoms with Crippen LogP contribution in [0.15, 0.2) is 60.8 Å². The Morgan fingerprint density at radius 3 is 2.64 bits per heavy atom. The second-order valence-electron chi connectivity index (χ2n) is 8.30. The van der Waals surface area contributed by atoms with Crippen LogP contribution < -0.4 is 15.4 Å². The van der Waals surface area contributed by atoms with Crippen molar-refractivity contribution in [1.29, 1.82) is 0 Å². The van der Waals surface area contributed by atoms with Crippen LogP contribution in [0.25, 0.3) is 5.65 Å². The lowest BCUT2D eigenvalue weighted by Gasteiger charge is -2.11. The highest BCUT2D eigenvalue weighted by atomic mass is 16.5. The van der Waals surface area contributed by atoms with E-state index >= 15 is 0 Å². The number of ketones is 1. The van der Waals surface area contributed by atoms with Gasteiger partial charge in [0.05, 0.1) is 12.6 Å². The van der Waals surface area contributed by atoms with Gasteiger partial charge in [0, 0.05) is 36.3 Å². The Morgan fingerprint density at radius 2 is 1.81 bits per heavy atom. The second-order valence-corrected chi connectivity index (χ2v) is 8.30. The summed E-state index contributed by atoms with van der Waals surface area (Å²) in [6, 6.07) is 15.3. The third-order valence-electron chi connectivity index (χ3n) is 5.80. The predicted octanol–water partition coefficient (Wildman–Crippen LogP) is 2.25. The van der Waals surface area contributed by atoms with Gasteiger partial charge in [0.2, 0.25) is 0 Å².